The molecule has 3 aromatic rings. The Bertz CT molecular complexity index is 944. The SMILES string of the molecule is COc1ccc2[nH]c(C)c(CC(C)C(=O)O)c2c1Cc1ccc(Br)cc1. The van der Waals surface area contributed by atoms with Gasteiger partial charge in [0.25, 0.3) is 0 Å². The minimum absolute atomic E-state index is 0.445. The van der Waals surface area contributed by atoms with Gasteiger partial charge in [-0.3, -0.25) is 4.79 Å². The molecule has 2 aromatic carbocycles. The predicted molar refractivity (Wildman–Crippen MR) is 107 cm³/mol. The lowest BCUT2D eigenvalue weighted by atomic mass is 9.93. The highest BCUT2D eigenvalue weighted by atomic mass is 79.9. The first-order valence-electron chi connectivity index (χ1n) is 8.55. The van der Waals surface area contributed by atoms with Gasteiger partial charge in [-0.2, -0.15) is 0 Å². The van der Waals surface area contributed by atoms with Gasteiger partial charge in [-0.1, -0.05) is 35.0 Å². The summed E-state index contributed by atoms with van der Waals surface area (Å²) in [6.45, 7) is 3.75. The van der Waals surface area contributed by atoms with E-state index in [0.29, 0.717) is 6.42 Å². The van der Waals surface area contributed by atoms with Crippen LogP contribution in [0, 0.1) is 12.8 Å². The molecule has 1 heterocycles. The van der Waals surface area contributed by atoms with E-state index in [1.54, 1.807) is 14.0 Å². The number of hydrogen-bond donors (Lipinski definition) is 2. The van der Waals surface area contributed by atoms with Crippen LogP contribution in [0.25, 0.3) is 10.9 Å². The Morgan fingerprint density at radius 3 is 2.50 bits per heavy atom. The van der Waals surface area contributed by atoms with Crippen molar-refractivity contribution >= 4 is 32.8 Å². The molecule has 136 valence electrons. The van der Waals surface area contributed by atoms with E-state index in [1.165, 1.54) is 5.56 Å². The van der Waals surface area contributed by atoms with Crippen LogP contribution in [0.2, 0.25) is 0 Å². The Morgan fingerprint density at radius 1 is 1.19 bits per heavy atom. The van der Waals surface area contributed by atoms with E-state index in [1.807, 2.05) is 31.2 Å². The van der Waals surface area contributed by atoms with Gasteiger partial charge in [0, 0.05) is 33.1 Å². The number of nitrogens with one attached hydrogen (secondary N) is 1. The second-order valence-electron chi connectivity index (χ2n) is 6.64. The van der Waals surface area contributed by atoms with Gasteiger partial charge < -0.3 is 14.8 Å². The number of rotatable bonds is 6. The average molecular weight is 416 g/mol. The van der Waals surface area contributed by atoms with Crippen molar-refractivity contribution in [2.24, 2.45) is 5.92 Å². The highest BCUT2D eigenvalue weighted by molar-refractivity contribution is 9.10. The molecule has 3 rings (SSSR count). The topological polar surface area (TPSA) is 62.3 Å². The van der Waals surface area contributed by atoms with Crippen molar-refractivity contribution in [3.63, 3.8) is 0 Å². The second kappa shape index (κ2) is 7.54. The number of carboxylic acids is 1. The van der Waals surface area contributed by atoms with Crippen LogP contribution in [0.4, 0.5) is 0 Å². The van der Waals surface area contributed by atoms with Crippen molar-refractivity contribution in [3.8, 4) is 5.75 Å². The number of aryl methyl sites for hydroxylation is 1. The van der Waals surface area contributed by atoms with Crippen molar-refractivity contribution < 1.29 is 14.6 Å². The first-order chi connectivity index (χ1) is 12.4. The van der Waals surface area contributed by atoms with Gasteiger partial charge in [-0.25, -0.2) is 0 Å². The lowest BCUT2D eigenvalue weighted by molar-refractivity contribution is -0.141. The summed E-state index contributed by atoms with van der Waals surface area (Å²) < 4.78 is 6.67. The molecule has 4 nitrogen and oxygen atoms in total. The summed E-state index contributed by atoms with van der Waals surface area (Å²) in [4.78, 5) is 14.8. The number of methoxy groups -OCH3 is 1. The number of benzene rings is 2. The summed E-state index contributed by atoms with van der Waals surface area (Å²) in [6, 6.07) is 12.2. The maximum absolute atomic E-state index is 11.4. The van der Waals surface area contributed by atoms with Gasteiger partial charge in [-0.15, -0.1) is 0 Å². The number of carbonyl (C=O) groups is 1. The largest absolute Gasteiger partial charge is 0.496 e. The van der Waals surface area contributed by atoms with E-state index >= 15 is 0 Å². The van der Waals surface area contributed by atoms with Crippen LogP contribution < -0.4 is 4.74 Å². The third-order valence-corrected chi connectivity index (χ3v) is 5.32. The third-order valence-electron chi connectivity index (χ3n) is 4.79. The summed E-state index contributed by atoms with van der Waals surface area (Å²) in [7, 11) is 1.67. The fourth-order valence-electron chi connectivity index (χ4n) is 3.36. The highest BCUT2D eigenvalue weighted by Gasteiger charge is 2.20. The van der Waals surface area contributed by atoms with E-state index in [9.17, 15) is 9.90 Å². The molecule has 0 aliphatic carbocycles. The fraction of sp³-hybridized carbons (Fsp3) is 0.286. The Hall–Kier alpha value is -2.27. The fourth-order valence-corrected chi connectivity index (χ4v) is 3.63. The van der Waals surface area contributed by atoms with E-state index in [4.69, 9.17) is 4.74 Å². The van der Waals surface area contributed by atoms with Crippen molar-refractivity contribution in [2.75, 3.05) is 7.11 Å². The lowest BCUT2D eigenvalue weighted by Gasteiger charge is -2.13. The van der Waals surface area contributed by atoms with Crippen LogP contribution in [0.5, 0.6) is 5.75 Å². The van der Waals surface area contributed by atoms with E-state index < -0.39 is 11.9 Å². The quantitative estimate of drug-likeness (QED) is 0.588. The maximum atomic E-state index is 11.4. The van der Waals surface area contributed by atoms with Gasteiger partial charge in [-0.05, 0) is 48.7 Å². The molecule has 1 aromatic heterocycles. The number of hydrogen-bond acceptors (Lipinski definition) is 2. The van der Waals surface area contributed by atoms with E-state index in [-0.39, 0.29) is 0 Å². The summed E-state index contributed by atoms with van der Waals surface area (Å²) in [5.74, 6) is -0.404. The monoisotopic (exact) mass is 415 g/mol. The highest BCUT2D eigenvalue weighted by Crippen LogP contribution is 2.35. The summed E-state index contributed by atoms with van der Waals surface area (Å²) >= 11 is 3.47. The normalized spacial score (nSPS) is 12.3. The zero-order valence-electron chi connectivity index (χ0n) is 15.1. The maximum Gasteiger partial charge on any atom is 0.306 e. The van der Waals surface area contributed by atoms with Crippen LogP contribution in [0.15, 0.2) is 40.9 Å². The van der Waals surface area contributed by atoms with Crippen LogP contribution >= 0.6 is 15.9 Å². The molecule has 1 unspecified atom stereocenters. The molecule has 2 N–H and O–H groups in total. The number of carboxylic acid groups (broad SMARTS) is 1. The summed E-state index contributed by atoms with van der Waals surface area (Å²) in [5.41, 5.74) is 5.35. The molecule has 1 atom stereocenters. The first kappa shape index (κ1) is 18.5. The Labute approximate surface area is 161 Å². The van der Waals surface area contributed by atoms with Crippen LogP contribution in [-0.4, -0.2) is 23.2 Å². The predicted octanol–water partition coefficient (Wildman–Crippen LogP) is 5.10. The molecule has 0 saturated heterocycles. The van der Waals surface area contributed by atoms with Crippen LogP contribution in [-0.2, 0) is 17.6 Å². The number of aliphatic carboxylic acids is 1. The Morgan fingerprint density at radius 2 is 1.88 bits per heavy atom. The molecule has 0 aliphatic heterocycles. The van der Waals surface area contributed by atoms with Crippen molar-refractivity contribution in [1.29, 1.82) is 0 Å². The molecule has 0 radical (unpaired) electrons. The van der Waals surface area contributed by atoms with Gasteiger partial charge >= 0.3 is 5.97 Å². The number of H-pyrrole nitrogens is 1. The van der Waals surface area contributed by atoms with Crippen LogP contribution in [0.3, 0.4) is 0 Å². The molecular weight excluding hydrogens is 394 g/mol. The minimum atomic E-state index is -0.781. The lowest BCUT2D eigenvalue weighted by Crippen LogP contribution is -2.12. The molecule has 0 bridgehead atoms. The number of halogens is 1. The minimum Gasteiger partial charge on any atom is -0.496 e. The van der Waals surface area contributed by atoms with Gasteiger partial charge in [0.15, 0.2) is 0 Å². The van der Waals surface area contributed by atoms with E-state index in [2.05, 4.69) is 33.0 Å². The summed E-state index contributed by atoms with van der Waals surface area (Å²) in [6.07, 6.45) is 1.21. The number of fused-ring (bicyclic) bond motifs is 1. The van der Waals surface area contributed by atoms with Gasteiger partial charge in [0.05, 0.1) is 13.0 Å². The van der Waals surface area contributed by atoms with Gasteiger partial charge in [0.1, 0.15) is 5.75 Å². The number of aromatic nitrogens is 1. The molecule has 26 heavy (non-hydrogen) atoms. The van der Waals surface area contributed by atoms with Crippen LogP contribution in [0.1, 0.15) is 29.3 Å². The average Bonchev–Trinajstić information content (AvgIpc) is 2.93. The van der Waals surface area contributed by atoms with Gasteiger partial charge in [0.2, 0.25) is 0 Å². The Balaban J connectivity index is 2.15. The smallest absolute Gasteiger partial charge is 0.306 e. The zero-order chi connectivity index (χ0) is 18.8. The Kier molecular flexibility index (Phi) is 5.37. The molecule has 0 aliphatic rings. The zero-order valence-corrected chi connectivity index (χ0v) is 16.7. The molecule has 0 amide bonds. The van der Waals surface area contributed by atoms with Crippen molar-refractivity contribution in [2.45, 2.75) is 26.7 Å². The van der Waals surface area contributed by atoms with Crippen molar-refractivity contribution in [1.82, 2.24) is 4.98 Å². The standard InChI is InChI=1S/C21H22BrNO3/c1-12(21(24)25)10-16-13(2)23-18-8-9-19(26-3)17(20(16)18)11-14-4-6-15(22)7-5-14/h4-9,12,23H,10-11H2,1-3H3,(H,24,25). The van der Waals surface area contributed by atoms with Crippen molar-refractivity contribution in [3.05, 3.63) is 63.3 Å². The third kappa shape index (κ3) is 3.63. The molecule has 0 fully saturated rings. The molecule has 0 spiro atoms. The molecule has 0 saturated carbocycles. The summed E-state index contributed by atoms with van der Waals surface area (Å²) in [5, 5.41) is 10.4. The molecular formula is C21H22BrNO3. The van der Waals surface area contributed by atoms with E-state index in [0.717, 1.165) is 44.4 Å². The second-order valence-corrected chi connectivity index (χ2v) is 7.56. The molecule has 5 heteroatoms. The number of ether oxygens (including phenoxy) is 1. The first-order valence-corrected chi connectivity index (χ1v) is 9.34. The number of aromatic amines is 1.